The van der Waals surface area contributed by atoms with Crippen LogP contribution < -0.4 is 11.1 Å². The first kappa shape index (κ1) is 12.4. The van der Waals surface area contributed by atoms with Crippen molar-refractivity contribution >= 4 is 11.6 Å². The summed E-state index contributed by atoms with van der Waals surface area (Å²) >= 11 is 0. The summed E-state index contributed by atoms with van der Waals surface area (Å²) in [5.41, 5.74) is 7.00. The van der Waals surface area contributed by atoms with E-state index < -0.39 is 17.7 Å². The molecule has 3 unspecified atom stereocenters. The molecule has 102 valence electrons. The second kappa shape index (κ2) is 4.18. The molecule has 0 bridgehead atoms. The molecule has 1 aliphatic carbocycles. The Morgan fingerprint density at radius 3 is 2.74 bits per heavy atom. The molecule has 1 amide bonds. The van der Waals surface area contributed by atoms with Crippen molar-refractivity contribution in [3.05, 3.63) is 29.8 Å². The van der Waals surface area contributed by atoms with Crippen LogP contribution in [0.25, 0.3) is 0 Å². The number of fused-ring (bicyclic) bond motifs is 1. The maximum absolute atomic E-state index is 13.4. The van der Waals surface area contributed by atoms with Gasteiger partial charge in [-0.25, -0.2) is 8.78 Å². The van der Waals surface area contributed by atoms with Crippen LogP contribution in [0.4, 0.5) is 14.5 Å². The van der Waals surface area contributed by atoms with E-state index >= 15 is 0 Å². The maximum Gasteiger partial charge on any atom is 0.252 e. The van der Waals surface area contributed by atoms with E-state index in [2.05, 4.69) is 5.32 Å². The largest absolute Gasteiger partial charge is 0.382 e. The number of halogens is 2. The zero-order valence-electron chi connectivity index (χ0n) is 10.4. The van der Waals surface area contributed by atoms with Crippen LogP contribution in [0.1, 0.15) is 30.7 Å². The minimum absolute atomic E-state index is 0.0463. The van der Waals surface area contributed by atoms with Crippen molar-refractivity contribution in [2.75, 3.05) is 5.32 Å². The molecule has 3 rings (SSSR count). The lowest BCUT2D eigenvalue weighted by Crippen LogP contribution is -2.33. The summed E-state index contributed by atoms with van der Waals surface area (Å²) < 4.78 is 26.7. The molecule has 0 spiro atoms. The number of hydrogen-bond donors (Lipinski definition) is 2. The minimum Gasteiger partial charge on any atom is -0.382 e. The summed E-state index contributed by atoms with van der Waals surface area (Å²) in [4.78, 5) is 11.0. The fraction of sp³-hybridized carbons (Fsp3) is 0.500. The first-order chi connectivity index (χ1) is 8.97. The molecule has 5 heteroatoms. The molecule has 1 aromatic rings. The number of carbonyl (C=O) groups excluding carboxylic acids is 1. The SMILES string of the molecule is NC(=O)CC1CC(C2CC2(F)F)c2ccccc2N1. The number of carbonyl (C=O) groups is 1. The smallest absolute Gasteiger partial charge is 0.252 e. The average Bonchev–Trinajstić information content (AvgIpc) is 2.96. The zero-order chi connectivity index (χ0) is 13.6. The van der Waals surface area contributed by atoms with Crippen molar-refractivity contribution in [3.8, 4) is 0 Å². The lowest BCUT2D eigenvalue weighted by atomic mass is 9.82. The molecular formula is C14H16F2N2O. The lowest BCUT2D eigenvalue weighted by molar-refractivity contribution is -0.118. The second-order valence-corrected chi connectivity index (χ2v) is 5.51. The van der Waals surface area contributed by atoms with Gasteiger partial charge in [0.25, 0.3) is 5.92 Å². The van der Waals surface area contributed by atoms with E-state index in [1.807, 2.05) is 24.3 Å². The third-order valence-electron chi connectivity index (χ3n) is 4.07. The molecule has 0 aromatic heterocycles. The van der Waals surface area contributed by atoms with Gasteiger partial charge in [0.15, 0.2) is 0 Å². The number of amides is 1. The number of rotatable bonds is 3. The van der Waals surface area contributed by atoms with E-state index in [0.717, 1.165) is 11.3 Å². The Bertz CT molecular complexity index is 518. The van der Waals surface area contributed by atoms with Crippen LogP contribution in [0.5, 0.6) is 0 Å². The molecule has 2 aliphatic rings. The van der Waals surface area contributed by atoms with E-state index in [9.17, 15) is 13.6 Å². The molecule has 1 aliphatic heterocycles. The highest BCUT2D eigenvalue weighted by atomic mass is 19.3. The van der Waals surface area contributed by atoms with Crippen LogP contribution in [0.3, 0.4) is 0 Å². The quantitative estimate of drug-likeness (QED) is 0.883. The topological polar surface area (TPSA) is 55.1 Å². The fourth-order valence-electron chi connectivity index (χ4n) is 3.09. The van der Waals surface area contributed by atoms with Crippen molar-refractivity contribution in [2.45, 2.75) is 37.1 Å². The van der Waals surface area contributed by atoms with Gasteiger partial charge in [-0.3, -0.25) is 4.79 Å². The van der Waals surface area contributed by atoms with Crippen molar-refractivity contribution in [1.82, 2.24) is 0 Å². The molecular weight excluding hydrogens is 250 g/mol. The van der Waals surface area contributed by atoms with Gasteiger partial charge < -0.3 is 11.1 Å². The highest BCUT2D eigenvalue weighted by Crippen LogP contribution is 2.59. The highest BCUT2D eigenvalue weighted by Gasteiger charge is 2.61. The number of primary amides is 1. The average molecular weight is 266 g/mol. The van der Waals surface area contributed by atoms with Gasteiger partial charge in [0, 0.05) is 30.5 Å². The van der Waals surface area contributed by atoms with Crippen molar-refractivity contribution in [3.63, 3.8) is 0 Å². The summed E-state index contributed by atoms with van der Waals surface area (Å²) in [6, 6.07) is 7.34. The summed E-state index contributed by atoms with van der Waals surface area (Å²) in [6.45, 7) is 0. The van der Waals surface area contributed by atoms with Gasteiger partial charge in [-0.05, 0) is 24.0 Å². The Balaban J connectivity index is 1.88. The normalized spacial score (nSPS) is 31.2. The van der Waals surface area contributed by atoms with Gasteiger partial charge in [-0.15, -0.1) is 0 Å². The van der Waals surface area contributed by atoms with Crippen LogP contribution in [-0.2, 0) is 4.79 Å². The Morgan fingerprint density at radius 2 is 2.11 bits per heavy atom. The van der Waals surface area contributed by atoms with Gasteiger partial charge in [0.2, 0.25) is 5.91 Å². The van der Waals surface area contributed by atoms with E-state index in [-0.39, 0.29) is 24.8 Å². The zero-order valence-corrected chi connectivity index (χ0v) is 10.4. The number of benzene rings is 1. The first-order valence-electron chi connectivity index (χ1n) is 6.49. The van der Waals surface area contributed by atoms with E-state index in [1.54, 1.807) is 0 Å². The maximum atomic E-state index is 13.4. The number of nitrogens with two attached hydrogens (primary N) is 1. The van der Waals surface area contributed by atoms with E-state index in [0.29, 0.717) is 6.42 Å². The van der Waals surface area contributed by atoms with Crippen LogP contribution in [-0.4, -0.2) is 17.9 Å². The molecule has 0 saturated heterocycles. The number of alkyl halides is 2. The van der Waals surface area contributed by atoms with Crippen molar-refractivity contribution < 1.29 is 13.6 Å². The van der Waals surface area contributed by atoms with E-state index in [4.69, 9.17) is 5.73 Å². The van der Waals surface area contributed by atoms with Gasteiger partial charge in [0.1, 0.15) is 0 Å². The third-order valence-corrected chi connectivity index (χ3v) is 4.07. The molecule has 1 fully saturated rings. The van der Waals surface area contributed by atoms with Crippen LogP contribution in [0, 0.1) is 5.92 Å². The molecule has 3 nitrogen and oxygen atoms in total. The molecule has 3 atom stereocenters. The number of anilines is 1. The van der Waals surface area contributed by atoms with Gasteiger partial charge in [0.05, 0.1) is 0 Å². The Hall–Kier alpha value is -1.65. The van der Waals surface area contributed by atoms with Gasteiger partial charge >= 0.3 is 0 Å². The summed E-state index contributed by atoms with van der Waals surface area (Å²) in [7, 11) is 0. The first-order valence-corrected chi connectivity index (χ1v) is 6.49. The molecule has 1 heterocycles. The lowest BCUT2D eigenvalue weighted by Gasteiger charge is -2.33. The van der Waals surface area contributed by atoms with E-state index in [1.165, 1.54) is 0 Å². The van der Waals surface area contributed by atoms with Gasteiger partial charge in [-0.1, -0.05) is 18.2 Å². The Morgan fingerprint density at radius 1 is 1.42 bits per heavy atom. The van der Waals surface area contributed by atoms with Crippen LogP contribution in [0.2, 0.25) is 0 Å². The monoisotopic (exact) mass is 266 g/mol. The number of para-hydroxylation sites is 1. The van der Waals surface area contributed by atoms with Crippen molar-refractivity contribution in [2.24, 2.45) is 11.7 Å². The second-order valence-electron chi connectivity index (χ2n) is 5.51. The number of hydrogen-bond acceptors (Lipinski definition) is 2. The predicted molar refractivity (Wildman–Crippen MR) is 68.1 cm³/mol. The van der Waals surface area contributed by atoms with Crippen LogP contribution >= 0.6 is 0 Å². The molecule has 1 saturated carbocycles. The molecule has 0 radical (unpaired) electrons. The minimum atomic E-state index is -2.55. The standard InChI is InChI=1S/C14H16F2N2O/c15-14(16)7-11(14)10-5-8(6-13(17)19)18-12-4-2-1-3-9(10)12/h1-4,8,10-11,18H,5-7H2,(H2,17,19). The highest BCUT2D eigenvalue weighted by molar-refractivity contribution is 5.75. The van der Waals surface area contributed by atoms with Gasteiger partial charge in [-0.2, -0.15) is 0 Å². The molecule has 3 N–H and O–H groups in total. The summed E-state index contributed by atoms with van der Waals surface area (Å²) in [5.74, 6) is -3.73. The van der Waals surface area contributed by atoms with Crippen molar-refractivity contribution in [1.29, 1.82) is 0 Å². The summed E-state index contributed by atoms with van der Waals surface area (Å²) in [6.07, 6.45) is 0.679. The molecule has 19 heavy (non-hydrogen) atoms. The number of nitrogens with one attached hydrogen (secondary N) is 1. The Kier molecular flexibility index (Phi) is 2.73. The third kappa shape index (κ3) is 2.29. The summed E-state index contributed by atoms with van der Waals surface area (Å²) in [5, 5.41) is 3.22. The predicted octanol–water partition coefficient (Wildman–Crippen LogP) is 2.49. The molecule has 1 aromatic carbocycles. The fourth-order valence-corrected chi connectivity index (χ4v) is 3.09. The Labute approximate surface area is 110 Å². The van der Waals surface area contributed by atoms with Crippen LogP contribution in [0.15, 0.2) is 24.3 Å².